The van der Waals surface area contributed by atoms with E-state index in [0.29, 0.717) is 12.1 Å². The molecule has 3 nitrogen and oxygen atoms in total. The average Bonchev–Trinajstić information content (AvgIpc) is 2.48. The molecule has 0 atom stereocenters. The second-order valence-electron chi connectivity index (χ2n) is 4.84. The molecule has 2 rings (SSSR count). The molecule has 0 bridgehead atoms. The van der Waals surface area contributed by atoms with Crippen molar-refractivity contribution in [3.05, 3.63) is 64.7 Å². The first-order chi connectivity index (χ1) is 10.1. The molecule has 2 aromatic carbocycles. The summed E-state index contributed by atoms with van der Waals surface area (Å²) < 4.78 is 0. The van der Waals surface area contributed by atoms with Gasteiger partial charge in [-0.1, -0.05) is 24.0 Å². The number of aryl methyl sites for hydroxylation is 2. The second-order valence-corrected chi connectivity index (χ2v) is 4.84. The number of nitrogens with one attached hydrogen (secondary N) is 1. The van der Waals surface area contributed by atoms with Crippen LogP contribution >= 0.6 is 0 Å². The maximum absolute atomic E-state index is 12.2. The molecule has 0 saturated carbocycles. The Morgan fingerprint density at radius 2 is 1.95 bits per heavy atom. The Morgan fingerprint density at radius 3 is 2.67 bits per heavy atom. The van der Waals surface area contributed by atoms with Gasteiger partial charge in [-0.25, -0.2) is 0 Å². The van der Waals surface area contributed by atoms with Gasteiger partial charge in [0.25, 0.3) is 5.91 Å². The van der Waals surface area contributed by atoms with Crippen molar-refractivity contribution >= 4 is 11.6 Å². The van der Waals surface area contributed by atoms with Gasteiger partial charge in [0, 0.05) is 16.8 Å². The first-order valence-electron chi connectivity index (χ1n) is 6.78. The molecule has 0 aliphatic rings. The summed E-state index contributed by atoms with van der Waals surface area (Å²) in [7, 11) is 0. The van der Waals surface area contributed by atoms with Crippen LogP contribution in [0, 0.1) is 25.7 Å². The highest BCUT2D eigenvalue weighted by Gasteiger charge is 2.07. The zero-order valence-electron chi connectivity index (χ0n) is 12.2. The highest BCUT2D eigenvalue weighted by atomic mass is 16.1. The van der Waals surface area contributed by atoms with E-state index >= 15 is 0 Å². The molecule has 106 valence electrons. The van der Waals surface area contributed by atoms with E-state index < -0.39 is 0 Å². The van der Waals surface area contributed by atoms with E-state index in [1.807, 2.05) is 56.3 Å². The van der Waals surface area contributed by atoms with Gasteiger partial charge < -0.3 is 11.1 Å². The maximum atomic E-state index is 12.2. The van der Waals surface area contributed by atoms with Gasteiger partial charge in [-0.15, -0.1) is 0 Å². The third kappa shape index (κ3) is 3.95. The van der Waals surface area contributed by atoms with Gasteiger partial charge in [0.15, 0.2) is 0 Å². The van der Waals surface area contributed by atoms with Crippen LogP contribution in [0.25, 0.3) is 0 Å². The quantitative estimate of drug-likeness (QED) is 0.830. The first kappa shape index (κ1) is 14.8. The Bertz CT molecular complexity index is 723. The van der Waals surface area contributed by atoms with E-state index in [1.54, 1.807) is 0 Å². The number of hydrogen-bond acceptors (Lipinski definition) is 2. The predicted octanol–water partition coefficient (Wildman–Crippen LogP) is 2.87. The lowest BCUT2D eigenvalue weighted by Crippen LogP contribution is -2.12. The Kier molecular flexibility index (Phi) is 4.76. The van der Waals surface area contributed by atoms with Crippen molar-refractivity contribution in [3.8, 4) is 11.8 Å². The van der Waals surface area contributed by atoms with Crippen LogP contribution in [0.15, 0.2) is 42.5 Å². The molecule has 0 aromatic heterocycles. The molecule has 3 heteroatoms. The lowest BCUT2D eigenvalue weighted by Gasteiger charge is -2.07. The van der Waals surface area contributed by atoms with E-state index in [4.69, 9.17) is 5.73 Å². The highest BCUT2D eigenvalue weighted by molar-refractivity contribution is 6.04. The summed E-state index contributed by atoms with van der Waals surface area (Å²) in [6, 6.07) is 13.1. The van der Waals surface area contributed by atoms with Gasteiger partial charge in [0.2, 0.25) is 0 Å². The molecule has 2 aromatic rings. The van der Waals surface area contributed by atoms with Crippen LogP contribution in [0.1, 0.15) is 27.0 Å². The molecule has 0 aliphatic carbocycles. The fourth-order valence-corrected chi connectivity index (χ4v) is 1.91. The summed E-state index contributed by atoms with van der Waals surface area (Å²) >= 11 is 0. The molecule has 0 saturated heterocycles. The third-order valence-electron chi connectivity index (χ3n) is 3.22. The third-order valence-corrected chi connectivity index (χ3v) is 3.22. The zero-order chi connectivity index (χ0) is 15.2. The molecule has 3 N–H and O–H groups in total. The van der Waals surface area contributed by atoms with E-state index in [-0.39, 0.29) is 5.91 Å². The van der Waals surface area contributed by atoms with Crippen molar-refractivity contribution in [2.75, 3.05) is 11.9 Å². The minimum atomic E-state index is -0.123. The van der Waals surface area contributed by atoms with Crippen LogP contribution in [0.3, 0.4) is 0 Å². The minimum absolute atomic E-state index is 0.123. The minimum Gasteiger partial charge on any atom is -0.322 e. The van der Waals surface area contributed by atoms with Gasteiger partial charge in [-0.05, 0) is 55.3 Å². The molecule has 21 heavy (non-hydrogen) atoms. The molecule has 1 amide bonds. The Morgan fingerprint density at radius 1 is 1.14 bits per heavy atom. The summed E-state index contributed by atoms with van der Waals surface area (Å²) in [6.07, 6.45) is 0. The SMILES string of the molecule is Cc1ccc(C(=O)Nc2cccc(C#CCN)c2)cc1C. The normalized spacial score (nSPS) is 9.67. The molecule has 0 aliphatic heterocycles. The van der Waals surface area contributed by atoms with Crippen LogP contribution in [-0.2, 0) is 0 Å². The van der Waals surface area contributed by atoms with Crippen molar-refractivity contribution in [3.63, 3.8) is 0 Å². The largest absolute Gasteiger partial charge is 0.322 e. The number of anilines is 1. The number of hydrogen-bond donors (Lipinski definition) is 2. The number of amides is 1. The monoisotopic (exact) mass is 278 g/mol. The summed E-state index contributed by atoms with van der Waals surface area (Å²) in [5.74, 6) is 5.62. The Labute approximate surface area is 125 Å². The standard InChI is InChI=1S/C18H18N2O/c1-13-8-9-16(11-14(13)2)18(21)20-17-7-3-5-15(12-17)6-4-10-19/h3,5,7-9,11-12H,10,19H2,1-2H3,(H,20,21). The average molecular weight is 278 g/mol. The van der Waals surface area contributed by atoms with Crippen molar-refractivity contribution in [2.24, 2.45) is 5.73 Å². The van der Waals surface area contributed by atoms with Gasteiger partial charge in [0.1, 0.15) is 0 Å². The summed E-state index contributed by atoms with van der Waals surface area (Å²) in [4.78, 5) is 12.2. The van der Waals surface area contributed by atoms with E-state index in [0.717, 1.165) is 16.8 Å². The fraction of sp³-hybridized carbons (Fsp3) is 0.167. The van der Waals surface area contributed by atoms with Crippen LogP contribution < -0.4 is 11.1 Å². The van der Waals surface area contributed by atoms with Crippen molar-refractivity contribution < 1.29 is 4.79 Å². The fourth-order valence-electron chi connectivity index (χ4n) is 1.91. The number of carbonyl (C=O) groups is 1. The molecular weight excluding hydrogens is 260 g/mol. The summed E-state index contributed by atoms with van der Waals surface area (Å²) in [5, 5.41) is 2.88. The summed E-state index contributed by atoms with van der Waals surface area (Å²) in [6.45, 7) is 4.34. The van der Waals surface area contributed by atoms with Gasteiger partial charge in [-0.2, -0.15) is 0 Å². The van der Waals surface area contributed by atoms with Crippen molar-refractivity contribution in [1.29, 1.82) is 0 Å². The number of rotatable bonds is 2. The van der Waals surface area contributed by atoms with E-state index in [9.17, 15) is 4.79 Å². The molecule has 0 heterocycles. The molecule has 0 spiro atoms. The van der Waals surface area contributed by atoms with Crippen molar-refractivity contribution in [1.82, 2.24) is 0 Å². The second kappa shape index (κ2) is 6.74. The zero-order valence-corrected chi connectivity index (χ0v) is 12.2. The first-order valence-corrected chi connectivity index (χ1v) is 6.78. The summed E-state index contributed by atoms with van der Waals surface area (Å²) in [5.41, 5.74) is 9.83. The lowest BCUT2D eigenvalue weighted by molar-refractivity contribution is 0.102. The van der Waals surface area contributed by atoms with Crippen LogP contribution in [0.2, 0.25) is 0 Å². The number of carbonyl (C=O) groups excluding carboxylic acids is 1. The van der Waals surface area contributed by atoms with Crippen LogP contribution in [0.5, 0.6) is 0 Å². The van der Waals surface area contributed by atoms with Crippen LogP contribution in [0.4, 0.5) is 5.69 Å². The molecule has 0 fully saturated rings. The van der Waals surface area contributed by atoms with E-state index in [1.165, 1.54) is 5.56 Å². The Balaban J connectivity index is 2.17. The topological polar surface area (TPSA) is 55.1 Å². The smallest absolute Gasteiger partial charge is 0.255 e. The number of benzene rings is 2. The molecular formula is C18H18N2O. The van der Waals surface area contributed by atoms with Crippen molar-refractivity contribution in [2.45, 2.75) is 13.8 Å². The lowest BCUT2D eigenvalue weighted by atomic mass is 10.1. The van der Waals surface area contributed by atoms with Gasteiger partial charge in [0.05, 0.1) is 6.54 Å². The predicted molar refractivity (Wildman–Crippen MR) is 86.2 cm³/mol. The Hall–Kier alpha value is -2.57. The maximum Gasteiger partial charge on any atom is 0.255 e. The molecule has 0 unspecified atom stereocenters. The number of nitrogens with two attached hydrogens (primary N) is 1. The molecule has 0 radical (unpaired) electrons. The van der Waals surface area contributed by atoms with E-state index in [2.05, 4.69) is 17.2 Å². The van der Waals surface area contributed by atoms with Gasteiger partial charge in [-0.3, -0.25) is 4.79 Å². The van der Waals surface area contributed by atoms with Crippen LogP contribution in [-0.4, -0.2) is 12.5 Å². The highest BCUT2D eigenvalue weighted by Crippen LogP contribution is 2.14. The van der Waals surface area contributed by atoms with Gasteiger partial charge >= 0.3 is 0 Å².